The first-order valence-corrected chi connectivity index (χ1v) is 8.55. The van der Waals surface area contributed by atoms with E-state index in [4.69, 9.17) is 9.47 Å². The van der Waals surface area contributed by atoms with Gasteiger partial charge in [0.15, 0.2) is 11.5 Å². The Morgan fingerprint density at radius 2 is 1.80 bits per heavy atom. The molecule has 130 valence electrons. The molecule has 0 aromatic heterocycles. The molecule has 2 aromatic rings. The molecule has 0 bridgehead atoms. The van der Waals surface area contributed by atoms with Crippen molar-refractivity contribution >= 4 is 11.6 Å². The second kappa shape index (κ2) is 5.99. The summed E-state index contributed by atoms with van der Waals surface area (Å²) < 4.78 is 11.0. The molecule has 1 unspecified atom stereocenters. The molecule has 2 heterocycles. The molecule has 0 spiro atoms. The molecule has 0 radical (unpaired) electrons. The normalized spacial score (nSPS) is 18.0. The lowest BCUT2D eigenvalue weighted by molar-refractivity contribution is 0.0677. The van der Waals surface area contributed by atoms with E-state index in [1.165, 1.54) is 5.56 Å². The lowest BCUT2D eigenvalue weighted by Crippen LogP contribution is -2.38. The summed E-state index contributed by atoms with van der Waals surface area (Å²) in [5.74, 6) is 1.65. The van der Waals surface area contributed by atoms with Crippen LogP contribution < -0.4 is 14.4 Å². The third-order valence-corrected chi connectivity index (χ3v) is 5.07. The van der Waals surface area contributed by atoms with Gasteiger partial charge in [0, 0.05) is 31.9 Å². The third kappa shape index (κ3) is 2.69. The highest BCUT2D eigenvalue weighted by Crippen LogP contribution is 2.40. The Labute approximate surface area is 147 Å². The van der Waals surface area contributed by atoms with Crippen LogP contribution in [0.2, 0.25) is 0 Å². The molecular weight excluding hydrogens is 316 g/mol. The lowest BCUT2D eigenvalue weighted by atomic mass is 9.92. The van der Waals surface area contributed by atoms with Crippen molar-refractivity contribution < 1.29 is 14.3 Å². The number of hydrogen-bond acceptors (Lipinski definition) is 4. The highest BCUT2D eigenvalue weighted by Gasteiger charge is 2.30. The van der Waals surface area contributed by atoms with Gasteiger partial charge in [0.2, 0.25) is 6.79 Å². The average molecular weight is 338 g/mol. The van der Waals surface area contributed by atoms with Gasteiger partial charge in [-0.15, -0.1) is 0 Å². The molecule has 2 aromatic carbocycles. The maximum atomic E-state index is 13.0. The van der Waals surface area contributed by atoms with E-state index in [9.17, 15) is 4.79 Å². The van der Waals surface area contributed by atoms with Gasteiger partial charge in [-0.2, -0.15) is 0 Å². The topological polar surface area (TPSA) is 42.0 Å². The van der Waals surface area contributed by atoms with Crippen LogP contribution in [0.1, 0.15) is 34.5 Å². The summed E-state index contributed by atoms with van der Waals surface area (Å²) in [4.78, 5) is 17.0. The summed E-state index contributed by atoms with van der Waals surface area (Å²) >= 11 is 0. The van der Waals surface area contributed by atoms with Gasteiger partial charge in [0.1, 0.15) is 0 Å². The Morgan fingerprint density at radius 1 is 1.12 bits per heavy atom. The van der Waals surface area contributed by atoms with Gasteiger partial charge in [-0.25, -0.2) is 0 Å². The predicted octanol–water partition coefficient (Wildman–Crippen LogP) is 3.24. The van der Waals surface area contributed by atoms with Crippen LogP contribution >= 0.6 is 0 Å². The van der Waals surface area contributed by atoms with E-state index in [1.807, 2.05) is 54.2 Å². The van der Waals surface area contributed by atoms with Crippen molar-refractivity contribution in [1.82, 2.24) is 4.90 Å². The van der Waals surface area contributed by atoms with Crippen molar-refractivity contribution in [3.8, 4) is 11.5 Å². The number of carbonyl (C=O) groups is 1. The predicted molar refractivity (Wildman–Crippen MR) is 96.5 cm³/mol. The van der Waals surface area contributed by atoms with E-state index in [0.29, 0.717) is 6.54 Å². The van der Waals surface area contributed by atoms with Gasteiger partial charge in [0.05, 0.1) is 6.04 Å². The van der Waals surface area contributed by atoms with E-state index < -0.39 is 0 Å². The van der Waals surface area contributed by atoms with Crippen LogP contribution in [0.5, 0.6) is 11.5 Å². The number of hydrogen-bond donors (Lipinski definition) is 0. The number of nitrogens with zero attached hydrogens (tertiary/aromatic N) is 2. The highest BCUT2D eigenvalue weighted by atomic mass is 16.7. The van der Waals surface area contributed by atoms with Gasteiger partial charge in [-0.3, -0.25) is 4.79 Å². The Bertz CT molecular complexity index is 814. The second-order valence-corrected chi connectivity index (χ2v) is 6.77. The number of ether oxygens (including phenoxy) is 2. The lowest BCUT2D eigenvalue weighted by Gasteiger charge is -2.35. The Hall–Kier alpha value is -2.69. The standard InChI is InChI=1S/C20H22N2O3/c1-13-17-11-19-18(24-12-25-19)10-15(17)8-9-22(13)20(23)14-4-6-16(7-5-14)21(2)3/h4-7,10-11,13H,8-9,12H2,1-3H3. The maximum absolute atomic E-state index is 13.0. The molecule has 25 heavy (non-hydrogen) atoms. The minimum absolute atomic E-state index is 0.0132. The Kier molecular flexibility index (Phi) is 3.79. The fourth-order valence-corrected chi connectivity index (χ4v) is 3.55. The second-order valence-electron chi connectivity index (χ2n) is 6.77. The van der Waals surface area contributed by atoms with Gasteiger partial charge in [0.25, 0.3) is 5.91 Å². The number of carbonyl (C=O) groups excluding carboxylic acids is 1. The van der Waals surface area contributed by atoms with Crippen molar-refractivity contribution in [2.75, 3.05) is 32.3 Å². The molecule has 1 atom stereocenters. The fourth-order valence-electron chi connectivity index (χ4n) is 3.55. The number of rotatable bonds is 2. The van der Waals surface area contributed by atoms with E-state index in [-0.39, 0.29) is 18.7 Å². The molecule has 2 aliphatic heterocycles. The minimum Gasteiger partial charge on any atom is -0.454 e. The average Bonchev–Trinajstić information content (AvgIpc) is 3.07. The summed E-state index contributed by atoms with van der Waals surface area (Å²) in [6, 6.07) is 11.9. The maximum Gasteiger partial charge on any atom is 0.254 e. The number of benzene rings is 2. The zero-order chi connectivity index (χ0) is 17.6. The molecule has 0 aliphatic carbocycles. The molecule has 4 rings (SSSR count). The first-order chi connectivity index (χ1) is 12.0. The first kappa shape index (κ1) is 15.8. The monoisotopic (exact) mass is 338 g/mol. The first-order valence-electron chi connectivity index (χ1n) is 8.55. The zero-order valence-corrected chi connectivity index (χ0v) is 14.8. The van der Waals surface area contributed by atoms with Gasteiger partial charge in [-0.1, -0.05) is 0 Å². The molecule has 0 fully saturated rings. The van der Waals surface area contributed by atoms with Gasteiger partial charge >= 0.3 is 0 Å². The van der Waals surface area contributed by atoms with Gasteiger partial charge in [-0.05, 0) is 60.9 Å². The molecule has 5 nitrogen and oxygen atoms in total. The van der Waals surface area contributed by atoms with Crippen molar-refractivity contribution in [3.05, 3.63) is 53.1 Å². The summed E-state index contributed by atoms with van der Waals surface area (Å²) in [5, 5.41) is 0. The summed E-state index contributed by atoms with van der Waals surface area (Å²) in [5.41, 5.74) is 4.19. The zero-order valence-electron chi connectivity index (χ0n) is 14.8. The van der Waals surface area contributed by atoms with Crippen LogP contribution in [0.4, 0.5) is 5.69 Å². The van der Waals surface area contributed by atoms with E-state index in [0.717, 1.165) is 34.7 Å². The number of fused-ring (bicyclic) bond motifs is 2. The molecule has 0 saturated heterocycles. The largest absolute Gasteiger partial charge is 0.454 e. The van der Waals surface area contributed by atoms with Crippen molar-refractivity contribution in [1.29, 1.82) is 0 Å². The van der Waals surface area contributed by atoms with Crippen LogP contribution in [-0.2, 0) is 6.42 Å². The highest BCUT2D eigenvalue weighted by molar-refractivity contribution is 5.95. The van der Waals surface area contributed by atoms with Crippen molar-refractivity contribution in [2.45, 2.75) is 19.4 Å². The molecule has 0 N–H and O–H groups in total. The van der Waals surface area contributed by atoms with Crippen LogP contribution in [0.15, 0.2) is 36.4 Å². The van der Waals surface area contributed by atoms with Crippen LogP contribution in [0.25, 0.3) is 0 Å². The quantitative estimate of drug-likeness (QED) is 0.843. The van der Waals surface area contributed by atoms with E-state index in [1.54, 1.807) is 0 Å². The number of anilines is 1. The fraction of sp³-hybridized carbons (Fsp3) is 0.350. The molecule has 5 heteroatoms. The van der Waals surface area contributed by atoms with Crippen molar-refractivity contribution in [3.63, 3.8) is 0 Å². The van der Waals surface area contributed by atoms with Gasteiger partial charge < -0.3 is 19.3 Å². The summed E-state index contributed by atoms with van der Waals surface area (Å²) in [6.45, 7) is 3.06. The van der Waals surface area contributed by atoms with E-state index in [2.05, 4.69) is 13.0 Å². The Morgan fingerprint density at radius 3 is 2.48 bits per heavy atom. The minimum atomic E-state index is 0.0132. The molecule has 1 amide bonds. The van der Waals surface area contributed by atoms with Crippen LogP contribution in [-0.4, -0.2) is 38.2 Å². The SMILES string of the molecule is CC1c2cc3c(cc2CCN1C(=O)c1ccc(N(C)C)cc1)OCO3. The smallest absolute Gasteiger partial charge is 0.254 e. The summed E-state index contributed by atoms with van der Waals surface area (Å²) in [6.07, 6.45) is 0.831. The van der Waals surface area contributed by atoms with Crippen LogP contribution in [0.3, 0.4) is 0 Å². The summed E-state index contributed by atoms with van der Waals surface area (Å²) in [7, 11) is 3.98. The van der Waals surface area contributed by atoms with Crippen LogP contribution in [0, 0.1) is 0 Å². The Balaban J connectivity index is 1.60. The molecule has 0 saturated carbocycles. The van der Waals surface area contributed by atoms with Crippen molar-refractivity contribution in [2.24, 2.45) is 0 Å². The molecule has 2 aliphatic rings. The third-order valence-electron chi connectivity index (χ3n) is 5.07. The number of amides is 1. The van der Waals surface area contributed by atoms with E-state index >= 15 is 0 Å². The molecular formula is C20H22N2O3.